The third kappa shape index (κ3) is 6.14. The van der Waals surface area contributed by atoms with Crippen LogP contribution in [0.2, 0.25) is 0 Å². The van der Waals surface area contributed by atoms with E-state index in [4.69, 9.17) is 14.2 Å². The van der Waals surface area contributed by atoms with E-state index in [9.17, 15) is 4.79 Å². The summed E-state index contributed by atoms with van der Waals surface area (Å²) in [6, 6.07) is 5.18. The number of nitrogens with one attached hydrogen (secondary N) is 1. The fraction of sp³-hybridized carbons (Fsp3) is 0.562. The smallest absolute Gasteiger partial charge is 0.176 e. The summed E-state index contributed by atoms with van der Waals surface area (Å²) in [6.45, 7) is 5.78. The number of Topliss-reactive ketones (excluding diaryl/α,β-unsaturated/α-hetero) is 1. The van der Waals surface area contributed by atoms with Crippen LogP contribution in [0.3, 0.4) is 0 Å². The molecule has 0 radical (unpaired) electrons. The molecule has 5 heteroatoms. The molecule has 0 amide bonds. The van der Waals surface area contributed by atoms with E-state index < -0.39 is 0 Å². The first kappa shape index (κ1) is 17.5. The molecule has 0 aliphatic carbocycles. The molecule has 1 rings (SSSR count). The number of ether oxygens (including phenoxy) is 3. The third-order valence-corrected chi connectivity index (χ3v) is 2.94. The molecular weight excluding hydrogens is 270 g/mol. The van der Waals surface area contributed by atoms with Crippen molar-refractivity contribution >= 4 is 5.78 Å². The van der Waals surface area contributed by atoms with Gasteiger partial charge in [-0.25, -0.2) is 0 Å². The lowest BCUT2D eigenvalue weighted by Crippen LogP contribution is -2.25. The van der Waals surface area contributed by atoms with Crippen LogP contribution in [0, 0.1) is 0 Å². The maximum atomic E-state index is 12.1. The molecule has 0 heterocycles. The zero-order valence-corrected chi connectivity index (χ0v) is 13.3. The molecule has 1 aromatic carbocycles. The Morgan fingerprint density at radius 1 is 1.19 bits per heavy atom. The van der Waals surface area contributed by atoms with Gasteiger partial charge in [0.1, 0.15) is 0 Å². The molecule has 0 unspecified atom stereocenters. The third-order valence-electron chi connectivity index (χ3n) is 2.94. The van der Waals surface area contributed by atoms with Gasteiger partial charge in [0.15, 0.2) is 17.3 Å². The van der Waals surface area contributed by atoms with Crippen LogP contribution in [-0.4, -0.2) is 45.8 Å². The maximum Gasteiger partial charge on any atom is 0.176 e. The van der Waals surface area contributed by atoms with E-state index in [-0.39, 0.29) is 11.9 Å². The molecule has 0 saturated carbocycles. The lowest BCUT2D eigenvalue weighted by atomic mass is 10.1. The number of carbonyl (C=O) groups excluding carboxylic acids is 1. The SMILES string of the molecule is COc1ccc(C(=O)CNCCCOC(C)C)cc1OC. The van der Waals surface area contributed by atoms with Crippen molar-refractivity contribution in [2.75, 3.05) is 33.9 Å². The van der Waals surface area contributed by atoms with Gasteiger partial charge in [-0.15, -0.1) is 0 Å². The van der Waals surface area contributed by atoms with Gasteiger partial charge in [-0.05, 0) is 45.0 Å². The maximum absolute atomic E-state index is 12.1. The number of methoxy groups -OCH3 is 2. The average molecular weight is 295 g/mol. The van der Waals surface area contributed by atoms with Crippen LogP contribution in [0.4, 0.5) is 0 Å². The fourth-order valence-electron chi connectivity index (χ4n) is 1.83. The molecule has 0 bridgehead atoms. The minimum absolute atomic E-state index is 0.0285. The molecule has 0 spiro atoms. The van der Waals surface area contributed by atoms with Gasteiger partial charge in [0.25, 0.3) is 0 Å². The lowest BCUT2D eigenvalue weighted by Gasteiger charge is -2.10. The summed E-state index contributed by atoms with van der Waals surface area (Å²) < 4.78 is 15.8. The Bertz CT molecular complexity index is 446. The van der Waals surface area contributed by atoms with Gasteiger partial charge in [0.2, 0.25) is 0 Å². The average Bonchev–Trinajstić information content (AvgIpc) is 2.49. The molecule has 5 nitrogen and oxygen atoms in total. The lowest BCUT2D eigenvalue weighted by molar-refractivity contribution is 0.0767. The van der Waals surface area contributed by atoms with Gasteiger partial charge in [-0.3, -0.25) is 4.79 Å². The van der Waals surface area contributed by atoms with Gasteiger partial charge in [0, 0.05) is 12.2 Å². The first-order valence-electron chi connectivity index (χ1n) is 7.16. The molecular formula is C16H25NO4. The quantitative estimate of drug-likeness (QED) is 0.530. The molecule has 1 aromatic rings. The topological polar surface area (TPSA) is 56.8 Å². The molecule has 118 valence electrons. The van der Waals surface area contributed by atoms with E-state index in [1.54, 1.807) is 32.4 Å². The first-order valence-corrected chi connectivity index (χ1v) is 7.16. The van der Waals surface area contributed by atoms with E-state index in [0.29, 0.717) is 30.2 Å². The highest BCUT2D eigenvalue weighted by molar-refractivity contribution is 5.98. The molecule has 0 aromatic heterocycles. The second-order valence-electron chi connectivity index (χ2n) is 4.94. The van der Waals surface area contributed by atoms with Crippen molar-refractivity contribution in [1.29, 1.82) is 0 Å². The Hall–Kier alpha value is -1.59. The zero-order chi connectivity index (χ0) is 15.7. The van der Waals surface area contributed by atoms with Gasteiger partial charge in [-0.1, -0.05) is 0 Å². The van der Waals surface area contributed by atoms with Gasteiger partial charge < -0.3 is 19.5 Å². The van der Waals surface area contributed by atoms with Crippen LogP contribution in [0.15, 0.2) is 18.2 Å². The number of hydrogen-bond acceptors (Lipinski definition) is 5. The van der Waals surface area contributed by atoms with Crippen LogP contribution < -0.4 is 14.8 Å². The summed E-state index contributed by atoms with van der Waals surface area (Å²) in [5.41, 5.74) is 0.610. The van der Waals surface area contributed by atoms with E-state index in [1.807, 2.05) is 13.8 Å². The highest BCUT2D eigenvalue weighted by atomic mass is 16.5. The van der Waals surface area contributed by atoms with Crippen molar-refractivity contribution in [2.24, 2.45) is 0 Å². The number of hydrogen-bond donors (Lipinski definition) is 1. The largest absolute Gasteiger partial charge is 0.493 e. The van der Waals surface area contributed by atoms with Crippen molar-refractivity contribution in [3.8, 4) is 11.5 Å². The number of ketones is 1. The van der Waals surface area contributed by atoms with Crippen molar-refractivity contribution in [3.05, 3.63) is 23.8 Å². The summed E-state index contributed by atoms with van der Waals surface area (Å²) >= 11 is 0. The monoisotopic (exact) mass is 295 g/mol. The van der Waals surface area contributed by atoms with Crippen LogP contribution in [0.1, 0.15) is 30.6 Å². The molecule has 21 heavy (non-hydrogen) atoms. The van der Waals surface area contributed by atoms with Crippen molar-refractivity contribution in [1.82, 2.24) is 5.32 Å². The minimum atomic E-state index is 0.0285. The summed E-state index contributed by atoms with van der Waals surface area (Å²) in [5, 5.41) is 3.12. The first-order chi connectivity index (χ1) is 10.1. The molecule has 0 aliphatic heterocycles. The number of benzene rings is 1. The predicted molar refractivity (Wildman–Crippen MR) is 82.5 cm³/mol. The van der Waals surface area contributed by atoms with E-state index in [0.717, 1.165) is 13.0 Å². The highest BCUT2D eigenvalue weighted by Crippen LogP contribution is 2.27. The summed E-state index contributed by atoms with van der Waals surface area (Å²) in [4.78, 5) is 12.1. The van der Waals surface area contributed by atoms with Gasteiger partial charge in [0.05, 0.1) is 26.9 Å². The molecule has 0 fully saturated rings. The number of carbonyl (C=O) groups is 1. The van der Waals surface area contributed by atoms with Gasteiger partial charge in [-0.2, -0.15) is 0 Å². The summed E-state index contributed by atoms with van der Waals surface area (Å²) in [6.07, 6.45) is 1.13. The van der Waals surface area contributed by atoms with Crippen LogP contribution in [-0.2, 0) is 4.74 Å². The van der Waals surface area contributed by atoms with Gasteiger partial charge >= 0.3 is 0 Å². The number of rotatable bonds is 10. The van der Waals surface area contributed by atoms with E-state index in [1.165, 1.54) is 0 Å². The standard InChI is InChI=1S/C16H25NO4/c1-12(2)21-9-5-8-17-11-14(18)13-6-7-15(19-3)16(10-13)20-4/h6-7,10,12,17H,5,8-9,11H2,1-4H3. The molecule has 1 N–H and O–H groups in total. The molecule has 0 aliphatic rings. The Morgan fingerprint density at radius 2 is 1.90 bits per heavy atom. The normalized spacial score (nSPS) is 10.7. The zero-order valence-electron chi connectivity index (χ0n) is 13.3. The second kappa shape index (κ2) is 9.37. The van der Waals surface area contributed by atoms with Crippen molar-refractivity contribution in [2.45, 2.75) is 26.4 Å². The molecule has 0 atom stereocenters. The summed E-state index contributed by atoms with van der Waals surface area (Å²) in [5.74, 6) is 1.21. The van der Waals surface area contributed by atoms with E-state index in [2.05, 4.69) is 5.32 Å². The Morgan fingerprint density at radius 3 is 2.52 bits per heavy atom. The second-order valence-corrected chi connectivity index (χ2v) is 4.94. The van der Waals surface area contributed by atoms with Crippen LogP contribution >= 0.6 is 0 Å². The summed E-state index contributed by atoms with van der Waals surface area (Å²) in [7, 11) is 3.12. The van der Waals surface area contributed by atoms with E-state index >= 15 is 0 Å². The molecule has 0 saturated heterocycles. The van der Waals surface area contributed by atoms with Crippen LogP contribution in [0.5, 0.6) is 11.5 Å². The van der Waals surface area contributed by atoms with Crippen molar-refractivity contribution < 1.29 is 19.0 Å². The Balaban J connectivity index is 2.38. The van der Waals surface area contributed by atoms with Crippen molar-refractivity contribution in [3.63, 3.8) is 0 Å². The predicted octanol–water partition coefficient (Wildman–Crippen LogP) is 2.29. The highest BCUT2D eigenvalue weighted by Gasteiger charge is 2.10. The van der Waals surface area contributed by atoms with Crippen LogP contribution in [0.25, 0.3) is 0 Å². The Kier molecular flexibility index (Phi) is 7.79. The minimum Gasteiger partial charge on any atom is -0.493 e. The Labute approximate surface area is 126 Å². The fourth-order valence-corrected chi connectivity index (χ4v) is 1.83.